The van der Waals surface area contributed by atoms with Gasteiger partial charge in [0.1, 0.15) is 0 Å². The first kappa shape index (κ1) is 11.0. The number of carbonyl (C=O) groups is 1. The summed E-state index contributed by atoms with van der Waals surface area (Å²) in [4.78, 5) is 11.0. The van der Waals surface area contributed by atoms with Crippen molar-refractivity contribution in [1.82, 2.24) is 5.32 Å². The third-order valence-corrected chi connectivity index (χ3v) is 2.44. The van der Waals surface area contributed by atoms with Crippen LogP contribution >= 0.6 is 15.9 Å². The molecule has 0 aliphatic heterocycles. The Morgan fingerprint density at radius 1 is 1.50 bits per heavy atom. The fraction of sp³-hybridized carbons (Fsp3) is 0.182. The molecule has 0 saturated heterocycles. The number of amides is 1. The Hall–Kier alpha value is -1.09. The van der Waals surface area contributed by atoms with Crippen molar-refractivity contribution in [2.45, 2.75) is 13.0 Å². The van der Waals surface area contributed by atoms with Crippen LogP contribution in [-0.2, 0) is 4.79 Å². The van der Waals surface area contributed by atoms with E-state index < -0.39 is 0 Å². The van der Waals surface area contributed by atoms with Gasteiger partial charge in [0.2, 0.25) is 5.91 Å². The second-order valence-electron chi connectivity index (χ2n) is 2.99. The molecule has 14 heavy (non-hydrogen) atoms. The van der Waals surface area contributed by atoms with E-state index >= 15 is 0 Å². The van der Waals surface area contributed by atoms with Crippen LogP contribution in [0, 0.1) is 0 Å². The number of hydrogen-bond donors (Lipinski definition) is 1. The fourth-order valence-corrected chi connectivity index (χ4v) is 1.37. The second kappa shape index (κ2) is 4.96. The van der Waals surface area contributed by atoms with Gasteiger partial charge in [-0.25, -0.2) is 0 Å². The van der Waals surface area contributed by atoms with Crippen LogP contribution in [0.3, 0.4) is 0 Å². The molecule has 1 rings (SSSR count). The summed E-state index contributed by atoms with van der Waals surface area (Å²) >= 11 is 3.36. The zero-order valence-electron chi connectivity index (χ0n) is 7.96. The molecule has 0 aromatic heterocycles. The Morgan fingerprint density at radius 3 is 2.57 bits per heavy atom. The van der Waals surface area contributed by atoms with Crippen LogP contribution in [0.15, 0.2) is 41.4 Å². The molecule has 0 bridgehead atoms. The zero-order chi connectivity index (χ0) is 10.6. The summed E-state index contributed by atoms with van der Waals surface area (Å²) in [7, 11) is 0. The largest absolute Gasteiger partial charge is 0.346 e. The maximum Gasteiger partial charge on any atom is 0.243 e. The van der Waals surface area contributed by atoms with Crippen molar-refractivity contribution >= 4 is 21.8 Å². The molecule has 0 saturated carbocycles. The fourth-order valence-electron chi connectivity index (χ4n) is 1.11. The molecule has 2 nitrogen and oxygen atoms in total. The highest BCUT2D eigenvalue weighted by atomic mass is 79.9. The van der Waals surface area contributed by atoms with Crippen LogP contribution < -0.4 is 5.32 Å². The predicted octanol–water partition coefficient (Wildman–Crippen LogP) is 2.81. The summed E-state index contributed by atoms with van der Waals surface area (Å²) in [6.07, 6.45) is 1.27. The van der Waals surface area contributed by atoms with Crippen molar-refractivity contribution in [3.8, 4) is 0 Å². The number of benzene rings is 1. The average Bonchev–Trinajstić information content (AvgIpc) is 2.18. The van der Waals surface area contributed by atoms with Gasteiger partial charge >= 0.3 is 0 Å². The van der Waals surface area contributed by atoms with Crippen LogP contribution in [0.25, 0.3) is 0 Å². The quantitative estimate of drug-likeness (QED) is 0.825. The van der Waals surface area contributed by atoms with Crippen molar-refractivity contribution in [3.63, 3.8) is 0 Å². The minimum absolute atomic E-state index is 0.00796. The lowest BCUT2D eigenvalue weighted by Gasteiger charge is -2.12. The SMILES string of the molecule is C=CC(=O)NC(C)c1ccc(Br)cc1. The lowest BCUT2D eigenvalue weighted by molar-refractivity contribution is -0.117. The van der Waals surface area contributed by atoms with Crippen molar-refractivity contribution in [3.05, 3.63) is 47.0 Å². The Labute approximate surface area is 92.1 Å². The number of nitrogens with one attached hydrogen (secondary N) is 1. The number of halogens is 1. The van der Waals surface area contributed by atoms with Crippen LogP contribution in [0.2, 0.25) is 0 Å². The molecular weight excluding hydrogens is 242 g/mol. The Kier molecular flexibility index (Phi) is 3.89. The topological polar surface area (TPSA) is 29.1 Å². The number of carbonyl (C=O) groups excluding carboxylic acids is 1. The first-order valence-corrected chi connectivity index (χ1v) is 5.11. The smallest absolute Gasteiger partial charge is 0.243 e. The molecule has 1 N–H and O–H groups in total. The Bertz CT molecular complexity index is 332. The first-order chi connectivity index (χ1) is 6.63. The molecule has 0 aliphatic carbocycles. The molecule has 1 unspecified atom stereocenters. The van der Waals surface area contributed by atoms with E-state index in [1.54, 1.807) is 0 Å². The van der Waals surface area contributed by atoms with Crippen LogP contribution in [0.4, 0.5) is 0 Å². The van der Waals surface area contributed by atoms with E-state index in [1.807, 2.05) is 31.2 Å². The van der Waals surface area contributed by atoms with Crippen molar-refractivity contribution in [1.29, 1.82) is 0 Å². The molecular formula is C11H12BrNO. The number of rotatable bonds is 3. The van der Waals surface area contributed by atoms with Gasteiger partial charge in [-0.2, -0.15) is 0 Å². The van der Waals surface area contributed by atoms with Crippen LogP contribution in [0.5, 0.6) is 0 Å². The monoisotopic (exact) mass is 253 g/mol. The van der Waals surface area contributed by atoms with Gasteiger partial charge in [-0.15, -0.1) is 0 Å². The van der Waals surface area contributed by atoms with Gasteiger partial charge in [-0.3, -0.25) is 4.79 Å². The van der Waals surface area contributed by atoms with Gasteiger partial charge < -0.3 is 5.32 Å². The summed E-state index contributed by atoms with van der Waals surface area (Å²) in [5.41, 5.74) is 1.07. The molecule has 1 atom stereocenters. The van der Waals surface area contributed by atoms with E-state index in [0.717, 1.165) is 10.0 Å². The molecule has 3 heteroatoms. The molecule has 0 heterocycles. The van der Waals surface area contributed by atoms with Crippen LogP contribution in [0.1, 0.15) is 18.5 Å². The molecule has 1 aromatic carbocycles. The lowest BCUT2D eigenvalue weighted by Crippen LogP contribution is -2.24. The highest BCUT2D eigenvalue weighted by Crippen LogP contribution is 2.16. The lowest BCUT2D eigenvalue weighted by atomic mass is 10.1. The van der Waals surface area contributed by atoms with E-state index in [4.69, 9.17) is 0 Å². The van der Waals surface area contributed by atoms with Gasteiger partial charge in [0, 0.05) is 4.47 Å². The molecule has 1 aromatic rings. The zero-order valence-corrected chi connectivity index (χ0v) is 9.54. The average molecular weight is 254 g/mol. The molecule has 0 radical (unpaired) electrons. The minimum Gasteiger partial charge on any atom is -0.346 e. The summed E-state index contributed by atoms with van der Waals surface area (Å²) in [6, 6.07) is 7.85. The molecule has 0 spiro atoms. The summed E-state index contributed by atoms with van der Waals surface area (Å²) in [5, 5.41) is 2.79. The van der Waals surface area contributed by atoms with Gasteiger partial charge in [-0.05, 0) is 30.7 Å². The summed E-state index contributed by atoms with van der Waals surface area (Å²) in [5.74, 6) is -0.152. The van der Waals surface area contributed by atoms with E-state index in [2.05, 4.69) is 27.8 Å². The van der Waals surface area contributed by atoms with Crippen molar-refractivity contribution in [2.24, 2.45) is 0 Å². The third kappa shape index (κ3) is 3.00. The van der Waals surface area contributed by atoms with Crippen molar-refractivity contribution in [2.75, 3.05) is 0 Å². The van der Waals surface area contributed by atoms with Gasteiger partial charge in [0.15, 0.2) is 0 Å². The molecule has 1 amide bonds. The third-order valence-electron chi connectivity index (χ3n) is 1.91. The van der Waals surface area contributed by atoms with Gasteiger partial charge in [0.25, 0.3) is 0 Å². The highest BCUT2D eigenvalue weighted by Gasteiger charge is 2.06. The summed E-state index contributed by atoms with van der Waals surface area (Å²) in [6.45, 7) is 5.34. The van der Waals surface area contributed by atoms with Gasteiger partial charge in [0.05, 0.1) is 6.04 Å². The predicted molar refractivity (Wildman–Crippen MR) is 60.9 cm³/mol. The Morgan fingerprint density at radius 2 is 2.07 bits per heavy atom. The minimum atomic E-state index is -0.152. The standard InChI is InChI=1S/C11H12BrNO/c1-3-11(14)13-8(2)9-4-6-10(12)7-5-9/h3-8H,1H2,2H3,(H,13,14). The second-order valence-corrected chi connectivity index (χ2v) is 3.90. The van der Waals surface area contributed by atoms with E-state index in [1.165, 1.54) is 6.08 Å². The molecule has 0 fully saturated rings. The number of hydrogen-bond acceptors (Lipinski definition) is 1. The first-order valence-electron chi connectivity index (χ1n) is 4.32. The normalized spacial score (nSPS) is 11.9. The molecule has 74 valence electrons. The van der Waals surface area contributed by atoms with E-state index in [-0.39, 0.29) is 11.9 Å². The maximum absolute atomic E-state index is 11.0. The van der Waals surface area contributed by atoms with E-state index in [0.29, 0.717) is 0 Å². The Balaban J connectivity index is 2.69. The van der Waals surface area contributed by atoms with Crippen LogP contribution in [-0.4, -0.2) is 5.91 Å². The van der Waals surface area contributed by atoms with Crippen molar-refractivity contribution < 1.29 is 4.79 Å². The molecule has 0 aliphatic rings. The van der Waals surface area contributed by atoms with E-state index in [9.17, 15) is 4.79 Å². The summed E-state index contributed by atoms with van der Waals surface area (Å²) < 4.78 is 1.03. The highest BCUT2D eigenvalue weighted by molar-refractivity contribution is 9.10. The van der Waals surface area contributed by atoms with Gasteiger partial charge in [-0.1, -0.05) is 34.6 Å². The maximum atomic E-state index is 11.0.